The molecule has 3 unspecified atom stereocenters. The van der Waals surface area contributed by atoms with Gasteiger partial charge in [-0.2, -0.15) is 0 Å². The van der Waals surface area contributed by atoms with Gasteiger partial charge in [-0.3, -0.25) is 4.79 Å². The molecule has 0 saturated carbocycles. The molecule has 2 aliphatic rings. The SMILES string of the molecule is CC1(C)SC2C(CO)C(=O)N2C1C(=O)OCOC(=O)c1ccccc1. The van der Waals surface area contributed by atoms with Crippen LogP contribution < -0.4 is 0 Å². The Balaban J connectivity index is 1.58. The molecule has 2 heterocycles. The fourth-order valence-corrected chi connectivity index (χ4v) is 4.78. The van der Waals surface area contributed by atoms with Crippen LogP contribution in [0, 0.1) is 5.92 Å². The van der Waals surface area contributed by atoms with Crippen molar-refractivity contribution in [2.45, 2.75) is 30.0 Å². The van der Waals surface area contributed by atoms with Crippen molar-refractivity contribution in [3.8, 4) is 0 Å². The number of nitrogens with zero attached hydrogens (tertiary/aromatic N) is 1. The predicted octanol–water partition coefficient (Wildman–Crippen LogP) is 1.01. The molecule has 0 radical (unpaired) electrons. The Kier molecular flexibility index (Phi) is 4.75. The second kappa shape index (κ2) is 6.68. The largest absolute Gasteiger partial charge is 0.426 e. The number of hydrogen-bond acceptors (Lipinski definition) is 7. The Hall–Kier alpha value is -2.06. The van der Waals surface area contributed by atoms with E-state index >= 15 is 0 Å². The molecule has 3 atom stereocenters. The number of aliphatic hydroxyl groups is 1. The van der Waals surface area contributed by atoms with Crippen molar-refractivity contribution < 1.29 is 29.0 Å². The maximum Gasteiger partial charge on any atom is 0.340 e. The highest BCUT2D eigenvalue weighted by molar-refractivity contribution is 8.01. The highest BCUT2D eigenvalue weighted by Gasteiger charge is 2.63. The van der Waals surface area contributed by atoms with Crippen molar-refractivity contribution in [1.82, 2.24) is 4.90 Å². The molecule has 0 bridgehead atoms. The summed E-state index contributed by atoms with van der Waals surface area (Å²) in [6.45, 7) is 2.94. The van der Waals surface area contributed by atoms with Gasteiger partial charge in [-0.25, -0.2) is 9.59 Å². The van der Waals surface area contributed by atoms with Gasteiger partial charge >= 0.3 is 11.9 Å². The summed E-state index contributed by atoms with van der Waals surface area (Å²) in [5.41, 5.74) is 0.360. The first-order valence-corrected chi connectivity index (χ1v) is 8.74. The number of amides is 1. The highest BCUT2D eigenvalue weighted by Crippen LogP contribution is 2.53. The van der Waals surface area contributed by atoms with E-state index in [1.54, 1.807) is 30.3 Å². The Labute approximate surface area is 149 Å². The monoisotopic (exact) mass is 365 g/mol. The van der Waals surface area contributed by atoms with E-state index in [0.29, 0.717) is 5.56 Å². The topological polar surface area (TPSA) is 93.1 Å². The molecule has 0 aromatic heterocycles. The van der Waals surface area contributed by atoms with Gasteiger partial charge in [0.25, 0.3) is 0 Å². The van der Waals surface area contributed by atoms with Crippen LogP contribution in [0.1, 0.15) is 24.2 Å². The van der Waals surface area contributed by atoms with Crippen LogP contribution in [0.2, 0.25) is 0 Å². The summed E-state index contributed by atoms with van der Waals surface area (Å²) in [6.07, 6.45) is 0. The van der Waals surface area contributed by atoms with Gasteiger partial charge in [0.15, 0.2) is 0 Å². The zero-order valence-electron chi connectivity index (χ0n) is 13.9. The van der Waals surface area contributed by atoms with Crippen LogP contribution in [0.15, 0.2) is 30.3 Å². The molecule has 0 aliphatic carbocycles. The van der Waals surface area contributed by atoms with Crippen LogP contribution >= 0.6 is 11.8 Å². The van der Waals surface area contributed by atoms with E-state index in [-0.39, 0.29) is 17.9 Å². The van der Waals surface area contributed by atoms with Crippen molar-refractivity contribution in [2.75, 3.05) is 13.4 Å². The van der Waals surface area contributed by atoms with Crippen molar-refractivity contribution in [3.63, 3.8) is 0 Å². The van der Waals surface area contributed by atoms with Gasteiger partial charge in [0.1, 0.15) is 6.04 Å². The van der Waals surface area contributed by atoms with Crippen LogP contribution in [0.5, 0.6) is 0 Å². The summed E-state index contributed by atoms with van der Waals surface area (Å²) in [5, 5.41) is 9.05. The number of β-lactam (4-membered cyclic amide) rings is 1. The first kappa shape index (κ1) is 17.8. The predicted molar refractivity (Wildman–Crippen MR) is 89.5 cm³/mol. The number of thioether (sulfide) groups is 1. The average Bonchev–Trinajstić information content (AvgIpc) is 2.83. The van der Waals surface area contributed by atoms with Gasteiger partial charge in [0.2, 0.25) is 12.7 Å². The number of benzene rings is 1. The molecule has 1 aromatic rings. The van der Waals surface area contributed by atoms with E-state index in [0.717, 1.165) is 0 Å². The first-order valence-electron chi connectivity index (χ1n) is 7.86. The summed E-state index contributed by atoms with van der Waals surface area (Å²) in [5.74, 6) is -1.94. The molecule has 1 N–H and O–H groups in total. The molecule has 2 saturated heterocycles. The van der Waals surface area contributed by atoms with Crippen molar-refractivity contribution in [3.05, 3.63) is 35.9 Å². The lowest BCUT2D eigenvalue weighted by Crippen LogP contribution is -2.63. The zero-order chi connectivity index (χ0) is 18.2. The van der Waals surface area contributed by atoms with Gasteiger partial charge < -0.3 is 19.5 Å². The number of carbonyl (C=O) groups is 3. The molecule has 1 amide bonds. The Morgan fingerprint density at radius 2 is 1.92 bits per heavy atom. The maximum atomic E-state index is 12.4. The van der Waals surface area contributed by atoms with E-state index in [9.17, 15) is 19.5 Å². The summed E-state index contributed by atoms with van der Waals surface area (Å²) in [7, 11) is 0. The minimum atomic E-state index is -0.770. The van der Waals surface area contributed by atoms with E-state index in [1.807, 2.05) is 13.8 Å². The van der Waals surface area contributed by atoms with Gasteiger partial charge in [-0.15, -0.1) is 11.8 Å². The van der Waals surface area contributed by atoms with Gasteiger partial charge in [-0.1, -0.05) is 18.2 Å². The number of esters is 2. The quantitative estimate of drug-likeness (QED) is 0.473. The molecule has 2 fully saturated rings. The number of hydrogen-bond donors (Lipinski definition) is 1. The van der Waals surface area contributed by atoms with Crippen LogP contribution in [-0.4, -0.2) is 57.4 Å². The van der Waals surface area contributed by atoms with E-state index in [2.05, 4.69) is 0 Å². The molecule has 2 aliphatic heterocycles. The lowest BCUT2D eigenvalue weighted by Gasteiger charge is -2.43. The van der Waals surface area contributed by atoms with Gasteiger partial charge in [0.05, 0.1) is 23.5 Å². The normalized spacial score (nSPS) is 26.6. The smallest absolute Gasteiger partial charge is 0.340 e. The summed E-state index contributed by atoms with van der Waals surface area (Å²) >= 11 is 1.46. The summed E-state index contributed by atoms with van der Waals surface area (Å²) < 4.78 is 9.46. The molecule has 134 valence electrons. The summed E-state index contributed by atoms with van der Waals surface area (Å²) in [4.78, 5) is 37.8. The molecular formula is C17H19NO6S. The number of aliphatic hydroxyl groups excluding tert-OH is 1. The lowest BCUT2D eigenvalue weighted by atomic mass is 9.92. The number of ether oxygens (including phenoxy) is 2. The standard InChI is InChI=1S/C17H19NO6S/c1-17(2)12(18-13(20)11(8-19)14(18)25-17)16(22)24-9-23-15(21)10-6-4-3-5-7-10/h3-7,11-12,14,19H,8-9H2,1-2H3. The minimum Gasteiger partial charge on any atom is -0.426 e. The van der Waals surface area contributed by atoms with Gasteiger partial charge in [-0.05, 0) is 26.0 Å². The number of fused-ring (bicyclic) bond motifs is 1. The van der Waals surface area contributed by atoms with Gasteiger partial charge in [0, 0.05) is 4.75 Å². The van der Waals surface area contributed by atoms with Crippen LogP contribution in [0.25, 0.3) is 0 Å². The Bertz CT molecular complexity index is 692. The molecular weight excluding hydrogens is 346 g/mol. The highest BCUT2D eigenvalue weighted by atomic mass is 32.2. The Morgan fingerprint density at radius 3 is 2.56 bits per heavy atom. The average molecular weight is 365 g/mol. The molecule has 7 nitrogen and oxygen atoms in total. The molecule has 8 heteroatoms. The summed E-state index contributed by atoms with van der Waals surface area (Å²) in [6, 6.07) is 7.60. The molecule has 1 aromatic carbocycles. The number of carbonyl (C=O) groups excluding carboxylic acids is 3. The molecule has 0 spiro atoms. The molecule has 25 heavy (non-hydrogen) atoms. The van der Waals surface area contributed by atoms with Crippen molar-refractivity contribution in [2.24, 2.45) is 5.92 Å². The third kappa shape index (κ3) is 3.11. The maximum absolute atomic E-state index is 12.4. The second-order valence-electron chi connectivity index (χ2n) is 6.43. The fraction of sp³-hybridized carbons (Fsp3) is 0.471. The third-order valence-corrected chi connectivity index (χ3v) is 6.00. The fourth-order valence-electron chi connectivity index (χ4n) is 3.12. The third-order valence-electron chi connectivity index (χ3n) is 4.37. The second-order valence-corrected chi connectivity index (χ2v) is 8.20. The van der Waals surface area contributed by atoms with Crippen molar-refractivity contribution >= 4 is 29.6 Å². The van der Waals surface area contributed by atoms with E-state index in [4.69, 9.17) is 9.47 Å². The Morgan fingerprint density at radius 1 is 1.24 bits per heavy atom. The van der Waals surface area contributed by atoms with Crippen molar-refractivity contribution in [1.29, 1.82) is 0 Å². The zero-order valence-corrected chi connectivity index (χ0v) is 14.7. The van der Waals surface area contributed by atoms with Crippen LogP contribution in [0.4, 0.5) is 0 Å². The first-order chi connectivity index (χ1) is 11.9. The minimum absolute atomic E-state index is 0.225. The lowest BCUT2D eigenvalue weighted by molar-refractivity contribution is -0.172. The molecule has 3 rings (SSSR count). The van der Waals surface area contributed by atoms with Crippen LogP contribution in [0.3, 0.4) is 0 Å². The van der Waals surface area contributed by atoms with E-state index < -0.39 is 35.4 Å². The van der Waals surface area contributed by atoms with E-state index in [1.165, 1.54) is 16.7 Å². The van der Waals surface area contributed by atoms with Crippen LogP contribution in [-0.2, 0) is 19.1 Å². The number of rotatable bonds is 5.